The van der Waals surface area contributed by atoms with E-state index in [-0.39, 0.29) is 24.6 Å². The highest BCUT2D eigenvalue weighted by Crippen LogP contribution is 2.13. The van der Waals surface area contributed by atoms with Crippen LogP contribution in [0.25, 0.3) is 0 Å². The van der Waals surface area contributed by atoms with Crippen molar-refractivity contribution in [1.29, 1.82) is 0 Å². The summed E-state index contributed by atoms with van der Waals surface area (Å²) >= 11 is 5.91. The lowest BCUT2D eigenvalue weighted by Gasteiger charge is -2.34. The number of hydrogen-bond acceptors (Lipinski definition) is 4. The minimum atomic E-state index is -1.04. The van der Waals surface area contributed by atoms with Gasteiger partial charge in [-0.25, -0.2) is 4.79 Å². The fourth-order valence-electron chi connectivity index (χ4n) is 3.06. The van der Waals surface area contributed by atoms with Gasteiger partial charge in [0.05, 0.1) is 6.54 Å². The number of aromatic nitrogens is 2. The normalized spacial score (nSPS) is 15.2. The van der Waals surface area contributed by atoms with Gasteiger partial charge in [0, 0.05) is 50.4 Å². The lowest BCUT2D eigenvalue weighted by Crippen LogP contribution is -2.48. The summed E-state index contributed by atoms with van der Waals surface area (Å²) < 4.78 is 1.36. The SMILES string of the molecule is O=C(O)c1ccnn1CCC(=O)N1CCN(Cc2ccc(Cl)cc2)CC1. The molecule has 2 aromatic rings. The van der Waals surface area contributed by atoms with E-state index in [0.29, 0.717) is 13.1 Å². The molecule has 0 saturated carbocycles. The van der Waals surface area contributed by atoms with Crippen molar-refractivity contribution in [2.24, 2.45) is 0 Å². The molecule has 0 atom stereocenters. The van der Waals surface area contributed by atoms with Gasteiger partial charge in [-0.3, -0.25) is 14.4 Å². The molecule has 2 heterocycles. The Balaban J connectivity index is 1.45. The molecule has 138 valence electrons. The van der Waals surface area contributed by atoms with E-state index in [2.05, 4.69) is 10.00 Å². The van der Waals surface area contributed by atoms with Crippen LogP contribution in [0.1, 0.15) is 22.5 Å². The van der Waals surface area contributed by atoms with Gasteiger partial charge in [-0.1, -0.05) is 23.7 Å². The molecule has 1 saturated heterocycles. The number of carbonyl (C=O) groups excluding carboxylic acids is 1. The molecule has 0 bridgehead atoms. The maximum absolute atomic E-state index is 12.4. The number of carboxylic acid groups (broad SMARTS) is 1. The summed E-state index contributed by atoms with van der Waals surface area (Å²) in [5, 5.41) is 13.8. The van der Waals surface area contributed by atoms with E-state index in [9.17, 15) is 9.59 Å². The van der Waals surface area contributed by atoms with E-state index in [1.54, 1.807) is 0 Å². The van der Waals surface area contributed by atoms with Crippen LogP contribution < -0.4 is 0 Å². The third kappa shape index (κ3) is 4.62. The third-order valence-electron chi connectivity index (χ3n) is 4.52. The highest BCUT2D eigenvalue weighted by atomic mass is 35.5. The van der Waals surface area contributed by atoms with E-state index in [1.165, 1.54) is 22.5 Å². The number of carbonyl (C=O) groups is 2. The Hall–Kier alpha value is -2.38. The molecule has 7 nitrogen and oxygen atoms in total. The van der Waals surface area contributed by atoms with Gasteiger partial charge in [0.25, 0.3) is 0 Å². The number of halogens is 1. The Labute approximate surface area is 156 Å². The molecule has 0 unspecified atom stereocenters. The summed E-state index contributed by atoms with van der Waals surface area (Å²) in [5.41, 5.74) is 1.31. The fourth-order valence-corrected chi connectivity index (χ4v) is 3.18. The van der Waals surface area contributed by atoms with Crippen LogP contribution in [-0.4, -0.2) is 62.7 Å². The van der Waals surface area contributed by atoms with Gasteiger partial charge in [0.15, 0.2) is 0 Å². The topological polar surface area (TPSA) is 78.7 Å². The number of benzene rings is 1. The molecular weight excluding hydrogens is 356 g/mol. The minimum absolute atomic E-state index is 0.0305. The van der Waals surface area contributed by atoms with Crippen LogP contribution in [0.4, 0.5) is 0 Å². The second-order valence-corrected chi connectivity index (χ2v) is 6.71. The lowest BCUT2D eigenvalue weighted by atomic mass is 10.2. The van der Waals surface area contributed by atoms with Crippen molar-refractivity contribution >= 4 is 23.5 Å². The highest BCUT2D eigenvalue weighted by molar-refractivity contribution is 6.30. The zero-order valence-electron chi connectivity index (χ0n) is 14.3. The zero-order valence-corrected chi connectivity index (χ0v) is 15.1. The maximum Gasteiger partial charge on any atom is 0.354 e. The predicted octanol–water partition coefficient (Wildman–Crippen LogP) is 1.97. The summed E-state index contributed by atoms with van der Waals surface area (Å²) in [6.07, 6.45) is 1.68. The molecule has 0 spiro atoms. The Bertz CT molecular complexity index is 767. The quantitative estimate of drug-likeness (QED) is 0.833. The van der Waals surface area contributed by atoms with Crippen molar-refractivity contribution < 1.29 is 14.7 Å². The van der Waals surface area contributed by atoms with Gasteiger partial charge in [-0.05, 0) is 23.8 Å². The van der Waals surface area contributed by atoms with Crippen LogP contribution in [0.3, 0.4) is 0 Å². The summed E-state index contributed by atoms with van der Waals surface area (Å²) in [7, 11) is 0. The standard InChI is InChI=1S/C18H21ClN4O3/c19-15-3-1-14(2-4-15)13-21-9-11-22(12-10-21)17(24)6-8-23-16(18(25)26)5-7-20-23/h1-5,7H,6,8-13H2,(H,25,26). The van der Waals surface area contributed by atoms with E-state index in [0.717, 1.165) is 24.7 Å². The molecule has 1 N–H and O–H groups in total. The first-order valence-electron chi connectivity index (χ1n) is 8.52. The highest BCUT2D eigenvalue weighted by Gasteiger charge is 2.21. The Morgan fingerprint density at radius 1 is 1.08 bits per heavy atom. The number of carboxylic acids is 1. The Morgan fingerprint density at radius 3 is 2.42 bits per heavy atom. The van der Waals surface area contributed by atoms with Crippen molar-refractivity contribution in [3.8, 4) is 0 Å². The number of amides is 1. The molecule has 26 heavy (non-hydrogen) atoms. The predicted molar refractivity (Wildman–Crippen MR) is 97.1 cm³/mol. The molecule has 1 aromatic carbocycles. The lowest BCUT2D eigenvalue weighted by molar-refractivity contribution is -0.133. The molecule has 1 fully saturated rings. The fraction of sp³-hybridized carbons (Fsp3) is 0.389. The second kappa shape index (κ2) is 8.33. The average Bonchev–Trinajstić information content (AvgIpc) is 3.11. The number of rotatable bonds is 6. The number of nitrogens with zero attached hydrogens (tertiary/aromatic N) is 4. The number of piperazine rings is 1. The van der Waals surface area contributed by atoms with Crippen molar-refractivity contribution in [2.45, 2.75) is 19.5 Å². The third-order valence-corrected chi connectivity index (χ3v) is 4.77. The smallest absolute Gasteiger partial charge is 0.354 e. The first-order chi connectivity index (χ1) is 12.5. The van der Waals surface area contributed by atoms with E-state index < -0.39 is 5.97 Å². The molecule has 0 radical (unpaired) electrons. The van der Waals surface area contributed by atoms with Crippen molar-refractivity contribution in [3.05, 3.63) is 52.8 Å². The first-order valence-corrected chi connectivity index (χ1v) is 8.90. The number of aryl methyl sites for hydroxylation is 1. The largest absolute Gasteiger partial charge is 0.477 e. The van der Waals surface area contributed by atoms with Crippen LogP contribution in [0.5, 0.6) is 0 Å². The van der Waals surface area contributed by atoms with Crippen molar-refractivity contribution in [1.82, 2.24) is 19.6 Å². The van der Waals surface area contributed by atoms with Crippen LogP contribution >= 0.6 is 11.6 Å². The molecule has 1 aliphatic heterocycles. The van der Waals surface area contributed by atoms with Crippen LogP contribution in [0, 0.1) is 0 Å². The van der Waals surface area contributed by atoms with E-state index in [4.69, 9.17) is 16.7 Å². The molecule has 1 aliphatic rings. The van der Waals surface area contributed by atoms with Crippen LogP contribution in [0.2, 0.25) is 5.02 Å². The van der Waals surface area contributed by atoms with Gasteiger partial charge in [-0.15, -0.1) is 0 Å². The number of hydrogen-bond donors (Lipinski definition) is 1. The zero-order chi connectivity index (χ0) is 18.5. The van der Waals surface area contributed by atoms with Gasteiger partial charge in [-0.2, -0.15) is 5.10 Å². The molecule has 1 amide bonds. The molecule has 1 aromatic heterocycles. The van der Waals surface area contributed by atoms with E-state index >= 15 is 0 Å². The van der Waals surface area contributed by atoms with Crippen LogP contribution in [0.15, 0.2) is 36.5 Å². The minimum Gasteiger partial charge on any atom is -0.477 e. The molecular formula is C18H21ClN4O3. The summed E-state index contributed by atoms with van der Waals surface area (Å²) in [4.78, 5) is 27.6. The average molecular weight is 377 g/mol. The van der Waals surface area contributed by atoms with Crippen molar-refractivity contribution in [3.63, 3.8) is 0 Å². The van der Waals surface area contributed by atoms with E-state index in [1.807, 2.05) is 29.2 Å². The Morgan fingerprint density at radius 2 is 1.77 bits per heavy atom. The monoisotopic (exact) mass is 376 g/mol. The summed E-state index contributed by atoms with van der Waals surface area (Å²) in [6.45, 7) is 4.11. The Kier molecular flexibility index (Phi) is 5.90. The summed E-state index contributed by atoms with van der Waals surface area (Å²) in [6, 6.07) is 9.24. The summed E-state index contributed by atoms with van der Waals surface area (Å²) in [5.74, 6) is -1.01. The number of aromatic carboxylic acids is 1. The maximum atomic E-state index is 12.4. The molecule has 8 heteroatoms. The van der Waals surface area contributed by atoms with Gasteiger partial charge in [0.2, 0.25) is 5.91 Å². The van der Waals surface area contributed by atoms with Crippen LogP contribution in [-0.2, 0) is 17.9 Å². The van der Waals surface area contributed by atoms with Crippen molar-refractivity contribution in [2.75, 3.05) is 26.2 Å². The van der Waals surface area contributed by atoms with Gasteiger partial charge in [0.1, 0.15) is 5.69 Å². The molecule has 3 rings (SSSR count). The molecule has 0 aliphatic carbocycles. The first kappa shape index (κ1) is 18.4. The second-order valence-electron chi connectivity index (χ2n) is 6.28. The van der Waals surface area contributed by atoms with Gasteiger partial charge >= 0.3 is 5.97 Å². The van der Waals surface area contributed by atoms with Gasteiger partial charge < -0.3 is 10.0 Å².